The number of hydrogen-bond donors (Lipinski definition) is 1. The van der Waals surface area contributed by atoms with Gasteiger partial charge in [-0.15, -0.1) is 0 Å². The molecule has 2 aromatic carbocycles. The van der Waals surface area contributed by atoms with Gasteiger partial charge in [-0.05, 0) is 35.9 Å². The number of aromatic amines is 1. The Kier molecular flexibility index (Phi) is 5.25. The highest BCUT2D eigenvalue weighted by Crippen LogP contribution is 2.15. The van der Waals surface area contributed by atoms with E-state index in [-0.39, 0.29) is 5.43 Å². The summed E-state index contributed by atoms with van der Waals surface area (Å²) in [7, 11) is 0. The Balaban J connectivity index is 1.38. The monoisotopic (exact) mass is 385 g/mol. The van der Waals surface area contributed by atoms with Crippen molar-refractivity contribution in [2.45, 2.75) is 13.1 Å². The van der Waals surface area contributed by atoms with Gasteiger partial charge in [-0.1, -0.05) is 23.7 Å². The molecule has 1 aliphatic rings. The van der Waals surface area contributed by atoms with E-state index < -0.39 is 5.82 Å². The molecule has 2 heterocycles. The molecule has 1 saturated heterocycles. The van der Waals surface area contributed by atoms with Gasteiger partial charge >= 0.3 is 0 Å². The summed E-state index contributed by atoms with van der Waals surface area (Å²) in [6.45, 7) is 5.39. The van der Waals surface area contributed by atoms with E-state index in [1.165, 1.54) is 17.7 Å². The lowest BCUT2D eigenvalue weighted by Crippen LogP contribution is -2.45. The minimum Gasteiger partial charge on any atom is -0.357 e. The Hall–Kier alpha value is -2.21. The van der Waals surface area contributed by atoms with E-state index in [1.54, 1.807) is 12.1 Å². The number of benzene rings is 2. The lowest BCUT2D eigenvalue weighted by atomic mass is 10.1. The third kappa shape index (κ3) is 4.38. The molecular weight excluding hydrogens is 365 g/mol. The molecule has 0 unspecified atom stereocenters. The van der Waals surface area contributed by atoms with Crippen molar-refractivity contribution in [2.75, 3.05) is 26.2 Å². The molecule has 140 valence electrons. The molecule has 4 rings (SSSR count). The minimum absolute atomic E-state index is 0.141. The van der Waals surface area contributed by atoms with Crippen molar-refractivity contribution in [3.8, 4) is 0 Å². The Bertz CT molecular complexity index is 1010. The van der Waals surface area contributed by atoms with E-state index in [0.29, 0.717) is 17.4 Å². The zero-order valence-corrected chi connectivity index (χ0v) is 15.7. The zero-order valence-electron chi connectivity index (χ0n) is 14.9. The number of nitrogens with zero attached hydrogens (tertiary/aromatic N) is 2. The van der Waals surface area contributed by atoms with Gasteiger partial charge in [0.1, 0.15) is 5.82 Å². The number of nitrogens with one attached hydrogen (secondary N) is 1. The summed E-state index contributed by atoms with van der Waals surface area (Å²) < 4.78 is 13.3. The summed E-state index contributed by atoms with van der Waals surface area (Å²) in [5, 5.41) is 1.16. The van der Waals surface area contributed by atoms with Crippen LogP contribution in [0.15, 0.2) is 53.3 Å². The van der Waals surface area contributed by atoms with Crippen molar-refractivity contribution < 1.29 is 4.39 Å². The topological polar surface area (TPSA) is 39.3 Å². The smallest absolute Gasteiger partial charge is 0.189 e. The molecule has 0 bridgehead atoms. The number of aromatic nitrogens is 1. The Labute approximate surface area is 162 Å². The molecule has 1 N–H and O–H groups in total. The first-order valence-electron chi connectivity index (χ1n) is 9.07. The van der Waals surface area contributed by atoms with Crippen LogP contribution in [0.25, 0.3) is 10.9 Å². The highest BCUT2D eigenvalue weighted by Gasteiger charge is 2.18. The van der Waals surface area contributed by atoms with E-state index in [9.17, 15) is 9.18 Å². The molecule has 1 aliphatic heterocycles. The van der Waals surface area contributed by atoms with Crippen molar-refractivity contribution in [3.63, 3.8) is 0 Å². The highest BCUT2D eigenvalue weighted by molar-refractivity contribution is 6.30. The summed E-state index contributed by atoms with van der Waals surface area (Å²) in [6.07, 6.45) is 0. The molecule has 27 heavy (non-hydrogen) atoms. The quantitative estimate of drug-likeness (QED) is 0.745. The van der Waals surface area contributed by atoms with Crippen LogP contribution in [0.4, 0.5) is 4.39 Å². The molecule has 3 aromatic rings. The molecule has 1 fully saturated rings. The second kappa shape index (κ2) is 7.80. The fourth-order valence-corrected chi connectivity index (χ4v) is 3.81. The summed E-state index contributed by atoms with van der Waals surface area (Å²) >= 11 is 6.06. The second-order valence-electron chi connectivity index (χ2n) is 7.03. The maximum Gasteiger partial charge on any atom is 0.189 e. The molecule has 0 aliphatic carbocycles. The van der Waals surface area contributed by atoms with Gasteiger partial charge in [0.2, 0.25) is 0 Å². The summed E-state index contributed by atoms with van der Waals surface area (Å²) in [4.78, 5) is 20.3. The Morgan fingerprint density at radius 2 is 1.70 bits per heavy atom. The summed E-state index contributed by atoms with van der Waals surface area (Å²) in [6, 6.07) is 13.8. The summed E-state index contributed by atoms with van der Waals surface area (Å²) in [5.41, 5.74) is 2.63. The SMILES string of the molecule is O=c1cc(CN2CCN(Cc3cccc(Cl)c3)CC2)[nH]c2ccc(F)cc12. The van der Waals surface area contributed by atoms with Crippen molar-refractivity contribution in [1.29, 1.82) is 0 Å². The Morgan fingerprint density at radius 3 is 2.44 bits per heavy atom. The van der Waals surface area contributed by atoms with Gasteiger partial charge in [-0.3, -0.25) is 14.6 Å². The average molecular weight is 386 g/mol. The molecule has 4 nitrogen and oxygen atoms in total. The lowest BCUT2D eigenvalue weighted by molar-refractivity contribution is 0.121. The molecule has 0 saturated carbocycles. The number of rotatable bonds is 4. The maximum absolute atomic E-state index is 13.3. The maximum atomic E-state index is 13.3. The first-order chi connectivity index (χ1) is 13.1. The molecule has 0 radical (unpaired) electrons. The van der Waals surface area contributed by atoms with Crippen LogP contribution >= 0.6 is 11.6 Å². The third-order valence-electron chi connectivity index (χ3n) is 5.00. The van der Waals surface area contributed by atoms with Gasteiger partial charge < -0.3 is 4.98 Å². The van der Waals surface area contributed by atoms with E-state index in [4.69, 9.17) is 11.6 Å². The normalized spacial score (nSPS) is 16.1. The third-order valence-corrected chi connectivity index (χ3v) is 5.24. The second-order valence-corrected chi connectivity index (χ2v) is 7.47. The van der Waals surface area contributed by atoms with E-state index >= 15 is 0 Å². The minimum atomic E-state index is -0.392. The number of piperazine rings is 1. The van der Waals surface area contributed by atoms with Crippen LogP contribution in [0.2, 0.25) is 5.02 Å². The first kappa shape index (κ1) is 18.2. The van der Waals surface area contributed by atoms with Crippen molar-refractivity contribution in [1.82, 2.24) is 14.8 Å². The number of halogens is 2. The molecule has 0 spiro atoms. The molecule has 6 heteroatoms. The fourth-order valence-electron chi connectivity index (χ4n) is 3.60. The van der Waals surface area contributed by atoms with Gasteiger partial charge in [-0.25, -0.2) is 4.39 Å². The van der Waals surface area contributed by atoms with Gasteiger partial charge in [0.05, 0.1) is 0 Å². The Morgan fingerprint density at radius 1 is 0.963 bits per heavy atom. The average Bonchev–Trinajstić information content (AvgIpc) is 2.64. The zero-order chi connectivity index (χ0) is 18.8. The van der Waals surface area contributed by atoms with Crippen molar-refractivity contribution in [2.24, 2.45) is 0 Å². The van der Waals surface area contributed by atoms with Crippen LogP contribution in [0.1, 0.15) is 11.3 Å². The molecule has 0 amide bonds. The van der Waals surface area contributed by atoms with Crippen LogP contribution < -0.4 is 5.43 Å². The molecular formula is C21H21ClFN3O. The number of fused-ring (bicyclic) bond motifs is 1. The van der Waals surface area contributed by atoms with Crippen LogP contribution in [0.3, 0.4) is 0 Å². The largest absolute Gasteiger partial charge is 0.357 e. The van der Waals surface area contributed by atoms with Crippen molar-refractivity contribution >= 4 is 22.5 Å². The van der Waals surface area contributed by atoms with Gasteiger partial charge in [0.15, 0.2) is 5.43 Å². The van der Waals surface area contributed by atoms with E-state index in [2.05, 4.69) is 20.9 Å². The van der Waals surface area contributed by atoms with E-state index in [1.807, 2.05) is 18.2 Å². The predicted molar refractivity (Wildman–Crippen MR) is 107 cm³/mol. The lowest BCUT2D eigenvalue weighted by Gasteiger charge is -2.34. The van der Waals surface area contributed by atoms with Crippen molar-refractivity contribution in [3.05, 3.63) is 80.9 Å². The summed E-state index contributed by atoms with van der Waals surface area (Å²) in [5.74, 6) is -0.392. The first-order valence-corrected chi connectivity index (χ1v) is 9.45. The van der Waals surface area contributed by atoms with Crippen LogP contribution in [0, 0.1) is 5.82 Å². The number of hydrogen-bond acceptors (Lipinski definition) is 3. The van der Waals surface area contributed by atoms with E-state index in [0.717, 1.165) is 43.4 Å². The van der Waals surface area contributed by atoms with Crippen LogP contribution in [-0.4, -0.2) is 41.0 Å². The van der Waals surface area contributed by atoms with Gasteiger partial charge in [-0.2, -0.15) is 0 Å². The van der Waals surface area contributed by atoms with Gasteiger partial charge in [0.25, 0.3) is 0 Å². The predicted octanol–water partition coefficient (Wildman–Crippen LogP) is 3.64. The number of H-pyrrole nitrogens is 1. The van der Waals surface area contributed by atoms with Gasteiger partial charge in [0, 0.05) is 67.0 Å². The number of pyridine rings is 1. The molecule has 0 atom stereocenters. The highest BCUT2D eigenvalue weighted by atomic mass is 35.5. The molecule has 1 aromatic heterocycles. The van der Waals surface area contributed by atoms with Crippen LogP contribution in [0.5, 0.6) is 0 Å². The standard InChI is InChI=1S/C21H21ClFN3O/c22-16-3-1-2-15(10-16)13-25-6-8-26(9-7-25)14-18-12-21(27)19-11-17(23)4-5-20(19)24-18/h1-5,10-12H,6-9,13-14H2,(H,24,27). The fraction of sp³-hybridized carbons (Fsp3) is 0.286. The van der Waals surface area contributed by atoms with Crippen LogP contribution in [-0.2, 0) is 13.1 Å².